The second-order valence-corrected chi connectivity index (χ2v) is 23.6. The minimum Gasteiger partial charge on any atom is -0.507 e. The molecule has 1 saturated heterocycles. The molecule has 0 radical (unpaired) electrons. The van der Waals surface area contributed by atoms with E-state index >= 15 is 0 Å². The van der Waals surface area contributed by atoms with Crippen LogP contribution in [0.3, 0.4) is 0 Å². The standard InChI is InChI=1S/C50H66I2N12O10S2/c1-24(2)41-50(74)62-39(49(73)64-42(25(3)65)43(56)67)23-76-75-22-38(61-44(68)33(55)18-26-11-13-32(54)30(51)16-26)48(72)59-36(19-27-12-14-40(66)31(52)17-27)46(70)60-37(20-28-21-57-34-9-5-4-8-29(28)34)47(71)58-35(45(69)63-41)10-6-7-15-53/h4-5,8-9,11-14,16-17,21,24-25,33,35-39,41-42,57,65-66H,6-7,10,15,18-20,22-23,53-55H2,1-3H3,(H2,56,67)(H,58,71)(H,59,72)(H,60,70)(H,61,68)(H,62,74)(H,63,69)(H,64,73)/t25-,33-,35+,36+,37-,38+,39+,41?,42+/m1/s1. The molecule has 0 spiro atoms. The van der Waals surface area contributed by atoms with Crippen molar-refractivity contribution in [3.63, 3.8) is 0 Å². The number of carbonyl (C=O) groups is 8. The van der Waals surface area contributed by atoms with Crippen LogP contribution in [0.5, 0.6) is 5.75 Å². The fourth-order valence-corrected chi connectivity index (χ4v) is 11.6. The average Bonchev–Trinajstić information content (AvgIpc) is 3.78. The number of rotatable bonds is 17. The first-order valence-corrected chi connectivity index (χ1v) is 29.1. The Labute approximate surface area is 475 Å². The molecule has 0 bridgehead atoms. The Morgan fingerprint density at radius 2 is 1.41 bits per heavy atom. The number of aromatic nitrogens is 1. The van der Waals surface area contributed by atoms with Crippen LogP contribution in [0.15, 0.2) is 66.9 Å². The number of aliphatic hydroxyl groups is 1. The van der Waals surface area contributed by atoms with Crippen molar-refractivity contribution in [3.8, 4) is 5.75 Å². The zero-order valence-corrected chi connectivity index (χ0v) is 48.0. The first-order valence-electron chi connectivity index (χ1n) is 24.4. The number of phenolic OH excluding ortho intramolecular Hbond substituents is 1. The number of nitrogens with one attached hydrogen (secondary N) is 8. The lowest BCUT2D eigenvalue weighted by Gasteiger charge is -2.29. The third-order valence-electron chi connectivity index (χ3n) is 12.4. The van der Waals surface area contributed by atoms with E-state index in [1.165, 1.54) is 13.0 Å². The van der Waals surface area contributed by atoms with E-state index in [0.717, 1.165) is 36.1 Å². The van der Waals surface area contributed by atoms with E-state index in [2.05, 4.69) is 64.8 Å². The summed E-state index contributed by atoms with van der Waals surface area (Å²) in [5.41, 5.74) is 26.9. The van der Waals surface area contributed by atoms with Gasteiger partial charge in [-0.2, -0.15) is 0 Å². The second kappa shape index (κ2) is 29.4. The number of aromatic hydroxyl groups is 1. The first-order chi connectivity index (χ1) is 36.1. The molecule has 4 aromatic rings. The Balaban J connectivity index is 1.60. The van der Waals surface area contributed by atoms with Gasteiger partial charge in [-0.25, -0.2) is 0 Å². The van der Waals surface area contributed by atoms with Crippen LogP contribution in [-0.4, -0.2) is 135 Å². The number of carbonyl (C=O) groups excluding carboxylic acids is 8. The molecule has 1 fully saturated rings. The smallest absolute Gasteiger partial charge is 0.244 e. The van der Waals surface area contributed by atoms with Crippen molar-refractivity contribution >= 4 is 131 Å². The average molecular weight is 1310 g/mol. The largest absolute Gasteiger partial charge is 0.507 e. The highest BCUT2D eigenvalue weighted by Crippen LogP contribution is 2.26. The van der Waals surface area contributed by atoms with E-state index in [0.29, 0.717) is 38.8 Å². The Kier molecular flexibility index (Phi) is 23.7. The number of halogens is 2. The van der Waals surface area contributed by atoms with Crippen molar-refractivity contribution in [2.45, 2.75) is 114 Å². The lowest BCUT2D eigenvalue weighted by molar-refractivity contribution is -0.136. The number of aromatic amines is 1. The number of primary amides is 1. The molecule has 2 heterocycles. The van der Waals surface area contributed by atoms with Gasteiger partial charge in [0.25, 0.3) is 0 Å². The summed E-state index contributed by atoms with van der Waals surface area (Å²) >= 11 is 3.98. The van der Waals surface area contributed by atoms with Crippen molar-refractivity contribution in [2.24, 2.45) is 23.1 Å². The number of anilines is 1. The maximum absolute atomic E-state index is 14.9. The molecule has 22 nitrogen and oxygen atoms in total. The van der Waals surface area contributed by atoms with Gasteiger partial charge < -0.3 is 75.3 Å². The summed E-state index contributed by atoms with van der Waals surface area (Å²) in [6.45, 7) is 4.83. The summed E-state index contributed by atoms with van der Waals surface area (Å²) in [6, 6.07) is 6.19. The number of nitrogens with two attached hydrogens (primary N) is 4. The zero-order valence-electron chi connectivity index (χ0n) is 42.0. The zero-order chi connectivity index (χ0) is 55.8. The Hall–Kier alpha value is -5.40. The van der Waals surface area contributed by atoms with Gasteiger partial charge in [-0.1, -0.05) is 65.8 Å². The maximum atomic E-state index is 14.9. The highest BCUT2D eigenvalue weighted by atomic mass is 127. The van der Waals surface area contributed by atoms with Gasteiger partial charge in [-0.3, -0.25) is 38.4 Å². The molecule has 9 atom stereocenters. The number of benzene rings is 3. The van der Waals surface area contributed by atoms with Crippen molar-refractivity contribution < 1.29 is 48.6 Å². The molecule has 5 rings (SSSR count). The summed E-state index contributed by atoms with van der Waals surface area (Å²) in [4.78, 5) is 116. The molecule has 1 aromatic heterocycles. The van der Waals surface area contributed by atoms with Crippen molar-refractivity contribution in [3.05, 3.63) is 90.7 Å². The molecule has 18 N–H and O–H groups in total. The molecule has 0 saturated carbocycles. The van der Waals surface area contributed by atoms with Gasteiger partial charge in [-0.05, 0) is 137 Å². The molecule has 412 valence electrons. The van der Waals surface area contributed by atoms with Crippen LogP contribution in [0.25, 0.3) is 10.9 Å². The number of nitrogen functional groups attached to an aromatic ring is 1. The number of H-pyrrole nitrogens is 1. The number of aliphatic hydroxyl groups excluding tert-OH is 1. The van der Waals surface area contributed by atoms with Crippen molar-refractivity contribution in [2.75, 3.05) is 23.8 Å². The number of amides is 8. The minimum atomic E-state index is -1.55. The van der Waals surface area contributed by atoms with Crippen molar-refractivity contribution in [1.82, 2.24) is 42.2 Å². The topological polar surface area (TPSA) is 381 Å². The molecular weight excluding hydrogens is 1250 g/mol. The van der Waals surface area contributed by atoms with E-state index in [1.807, 2.05) is 46.9 Å². The van der Waals surface area contributed by atoms with Crippen LogP contribution in [0.4, 0.5) is 5.69 Å². The third kappa shape index (κ3) is 17.8. The number of phenols is 1. The highest BCUT2D eigenvalue weighted by molar-refractivity contribution is 14.1. The predicted molar refractivity (Wildman–Crippen MR) is 309 cm³/mol. The van der Waals surface area contributed by atoms with Gasteiger partial charge >= 0.3 is 0 Å². The molecule has 0 aliphatic carbocycles. The summed E-state index contributed by atoms with van der Waals surface area (Å²) in [7, 11) is 2.01. The van der Waals surface area contributed by atoms with E-state index in [-0.39, 0.29) is 49.5 Å². The normalized spacial score (nSPS) is 21.7. The Morgan fingerprint density at radius 3 is 2.07 bits per heavy atom. The molecule has 8 amide bonds. The quantitative estimate of drug-likeness (QED) is 0.0296. The number of hydrogen-bond donors (Lipinski definition) is 14. The third-order valence-corrected chi connectivity index (χ3v) is 16.6. The molecule has 1 unspecified atom stereocenters. The van der Waals surface area contributed by atoms with Crippen LogP contribution < -0.4 is 60.2 Å². The van der Waals surface area contributed by atoms with Gasteiger partial charge in [0.05, 0.1) is 15.7 Å². The summed E-state index contributed by atoms with van der Waals surface area (Å²) in [5.74, 6) is -7.73. The summed E-state index contributed by atoms with van der Waals surface area (Å²) < 4.78 is 1.19. The molecule has 1 aliphatic rings. The van der Waals surface area contributed by atoms with Crippen LogP contribution in [0.2, 0.25) is 0 Å². The van der Waals surface area contributed by atoms with Crippen LogP contribution in [0, 0.1) is 13.1 Å². The van der Waals surface area contributed by atoms with Gasteiger partial charge in [0, 0.05) is 50.7 Å². The summed E-state index contributed by atoms with van der Waals surface area (Å²) in [5, 5.41) is 40.4. The Bertz CT molecular complexity index is 2730. The molecule has 3 aromatic carbocycles. The van der Waals surface area contributed by atoms with Gasteiger partial charge in [0.2, 0.25) is 47.3 Å². The van der Waals surface area contributed by atoms with Crippen molar-refractivity contribution in [1.29, 1.82) is 0 Å². The molecular formula is C50H66I2N12O10S2. The lowest BCUT2D eigenvalue weighted by Crippen LogP contribution is -2.62. The predicted octanol–water partition coefficient (Wildman–Crippen LogP) is 0.460. The highest BCUT2D eigenvalue weighted by Gasteiger charge is 2.37. The van der Waals surface area contributed by atoms with Crippen LogP contribution >= 0.6 is 66.8 Å². The van der Waals surface area contributed by atoms with E-state index in [4.69, 9.17) is 22.9 Å². The summed E-state index contributed by atoms with van der Waals surface area (Å²) in [6.07, 6.45) is 0.981. The Morgan fingerprint density at radius 1 is 0.776 bits per heavy atom. The van der Waals surface area contributed by atoms with E-state index < -0.39 is 108 Å². The number of fused-ring (bicyclic) bond motifs is 1. The maximum Gasteiger partial charge on any atom is 0.244 e. The van der Waals surface area contributed by atoms with Crippen LogP contribution in [-0.2, 0) is 57.6 Å². The number of unbranched alkanes of at least 4 members (excludes halogenated alkanes) is 1. The number of hydrogen-bond acceptors (Lipinski definition) is 15. The van der Waals surface area contributed by atoms with Gasteiger partial charge in [0.15, 0.2) is 0 Å². The fourth-order valence-electron chi connectivity index (χ4n) is 8.09. The molecule has 1 aliphatic heterocycles. The number of para-hydroxylation sites is 1. The monoisotopic (exact) mass is 1310 g/mol. The van der Waals surface area contributed by atoms with Gasteiger partial charge in [0.1, 0.15) is 48.0 Å². The minimum absolute atomic E-state index is 0.0217. The second-order valence-electron chi connectivity index (χ2n) is 18.7. The molecule has 76 heavy (non-hydrogen) atoms. The van der Waals surface area contributed by atoms with E-state index in [9.17, 15) is 48.6 Å². The van der Waals surface area contributed by atoms with Crippen LogP contribution in [0.1, 0.15) is 56.7 Å². The van der Waals surface area contributed by atoms with Gasteiger partial charge in [-0.15, -0.1) is 0 Å². The first kappa shape index (κ1) is 61.5. The lowest BCUT2D eigenvalue weighted by atomic mass is 10.00. The fraction of sp³-hybridized carbons (Fsp3) is 0.440. The molecule has 26 heteroatoms. The SMILES string of the molecule is CC(C)C1NC(=O)[C@H](CCCCN)NC(=O)[C@@H](Cc2c[nH]c3ccccc23)NC(=O)[C@H](Cc2ccc(O)c(I)c2)NC(=O)[C@@H](NC(=O)[C@H](N)Cc2ccc(N)c(I)c2)CSSC[C@@H](C(=O)N[C@H](C(N)=O)[C@@H](C)O)NC1=O. The van der Waals surface area contributed by atoms with E-state index in [1.54, 1.807) is 50.4 Å².